The van der Waals surface area contributed by atoms with Crippen molar-refractivity contribution in [3.63, 3.8) is 0 Å². The summed E-state index contributed by atoms with van der Waals surface area (Å²) >= 11 is 1.86. The third kappa shape index (κ3) is 5.53. The molecule has 4 heteroatoms. The van der Waals surface area contributed by atoms with Crippen molar-refractivity contribution < 1.29 is 0 Å². The van der Waals surface area contributed by atoms with Crippen LogP contribution in [0, 0.1) is 0 Å². The number of imidazole rings is 1. The normalized spacial score (nSPS) is 12.1. The molecule has 0 saturated heterocycles. The zero-order valence-corrected chi connectivity index (χ0v) is 37.4. The van der Waals surface area contributed by atoms with E-state index in [1.807, 2.05) is 23.6 Å². The van der Waals surface area contributed by atoms with Gasteiger partial charge in [0, 0.05) is 37.8 Å². The van der Waals surface area contributed by atoms with Crippen LogP contribution in [0.15, 0.2) is 225 Å². The fourth-order valence-electron chi connectivity index (χ4n) is 11.1. The molecule has 314 valence electrons. The topological polar surface area (TPSA) is 30.2 Å². The molecule has 0 bridgehead atoms. The van der Waals surface area contributed by atoms with Crippen LogP contribution >= 0.6 is 11.3 Å². The Labute approximate surface area is 394 Å². The highest BCUT2D eigenvalue weighted by Crippen LogP contribution is 2.45. The first-order valence-corrected chi connectivity index (χ1v) is 24.0. The summed E-state index contributed by atoms with van der Waals surface area (Å²) < 4.78 is 4.93. The van der Waals surface area contributed by atoms with Gasteiger partial charge in [0.15, 0.2) is 5.65 Å². The van der Waals surface area contributed by atoms with Gasteiger partial charge in [0.25, 0.3) is 0 Å². The third-order valence-corrected chi connectivity index (χ3v) is 15.7. The Bertz CT molecular complexity index is 4600. The Morgan fingerprint density at radius 1 is 0.324 bits per heavy atom. The minimum atomic E-state index is 1.00. The van der Waals surface area contributed by atoms with Crippen LogP contribution in [0.2, 0.25) is 0 Å². The summed E-state index contributed by atoms with van der Waals surface area (Å²) in [6, 6.07) is 80.3. The predicted molar refractivity (Wildman–Crippen MR) is 290 cm³/mol. The van der Waals surface area contributed by atoms with E-state index in [0.717, 1.165) is 38.8 Å². The summed E-state index contributed by atoms with van der Waals surface area (Å²) in [7, 11) is 0. The number of aromatic nitrogens is 3. The maximum Gasteiger partial charge on any atom is 0.156 e. The molecular weight excluding hydrogens is 843 g/mol. The van der Waals surface area contributed by atoms with Gasteiger partial charge in [0.2, 0.25) is 0 Å². The Balaban J connectivity index is 0.857. The van der Waals surface area contributed by atoms with Gasteiger partial charge >= 0.3 is 0 Å². The highest BCUT2D eigenvalue weighted by molar-refractivity contribution is 7.27. The zero-order chi connectivity index (χ0) is 44.5. The highest BCUT2D eigenvalue weighted by atomic mass is 32.1. The molecular formula is C64H37N3S. The van der Waals surface area contributed by atoms with Crippen LogP contribution in [-0.4, -0.2) is 14.4 Å². The lowest BCUT2D eigenvalue weighted by atomic mass is 9.90. The average molecular weight is 880 g/mol. The summed E-state index contributed by atoms with van der Waals surface area (Å²) in [5, 5.41) is 15.9. The molecule has 0 aliphatic carbocycles. The summed E-state index contributed by atoms with van der Waals surface area (Å²) in [5.41, 5.74) is 13.7. The molecule has 0 aliphatic heterocycles. The van der Waals surface area contributed by atoms with E-state index < -0.39 is 0 Å². The Morgan fingerprint density at radius 3 is 1.65 bits per heavy atom. The lowest BCUT2D eigenvalue weighted by molar-refractivity contribution is 1.25. The number of hydrogen-bond acceptors (Lipinski definition) is 3. The number of hydrogen-bond donors (Lipinski definition) is 0. The van der Waals surface area contributed by atoms with E-state index in [1.54, 1.807) is 0 Å². The number of benzene rings is 11. The number of fused-ring (bicyclic) bond motifs is 16. The smallest absolute Gasteiger partial charge is 0.156 e. The molecule has 0 amide bonds. The average Bonchev–Trinajstić information content (AvgIpc) is 3.99. The zero-order valence-electron chi connectivity index (χ0n) is 36.6. The van der Waals surface area contributed by atoms with Gasteiger partial charge in [-0.25, -0.2) is 4.98 Å². The number of thiophene rings is 1. The van der Waals surface area contributed by atoms with Gasteiger partial charge in [-0.1, -0.05) is 188 Å². The van der Waals surface area contributed by atoms with E-state index in [9.17, 15) is 0 Å². The Hall–Kier alpha value is -8.70. The van der Waals surface area contributed by atoms with Crippen molar-refractivity contribution >= 4 is 113 Å². The van der Waals surface area contributed by atoms with Crippen molar-refractivity contribution in [3.8, 4) is 44.6 Å². The van der Waals surface area contributed by atoms with Crippen LogP contribution < -0.4 is 0 Å². The van der Waals surface area contributed by atoms with Crippen LogP contribution in [0.1, 0.15) is 0 Å². The lowest BCUT2D eigenvalue weighted by Crippen LogP contribution is -1.93. The maximum atomic E-state index is 5.59. The molecule has 0 saturated carbocycles. The van der Waals surface area contributed by atoms with E-state index in [4.69, 9.17) is 9.97 Å². The molecule has 0 spiro atoms. The first-order chi connectivity index (χ1) is 33.7. The fourth-order valence-corrected chi connectivity index (χ4v) is 12.4. The monoisotopic (exact) mass is 879 g/mol. The largest absolute Gasteiger partial charge is 0.291 e. The minimum absolute atomic E-state index is 1.00. The quantitative estimate of drug-likeness (QED) is 0.130. The molecule has 0 aliphatic rings. The van der Waals surface area contributed by atoms with Crippen molar-refractivity contribution in [2.24, 2.45) is 0 Å². The highest BCUT2D eigenvalue weighted by Gasteiger charge is 2.21. The van der Waals surface area contributed by atoms with Gasteiger partial charge in [0.1, 0.15) is 0 Å². The van der Waals surface area contributed by atoms with Crippen LogP contribution in [0.5, 0.6) is 0 Å². The lowest BCUT2D eigenvalue weighted by Gasteiger charge is -2.14. The van der Waals surface area contributed by atoms with Crippen molar-refractivity contribution in [1.82, 2.24) is 14.4 Å². The second-order valence-electron chi connectivity index (χ2n) is 18.1. The molecule has 68 heavy (non-hydrogen) atoms. The number of nitrogens with zero attached hydrogens (tertiary/aromatic N) is 3. The van der Waals surface area contributed by atoms with Gasteiger partial charge < -0.3 is 0 Å². The van der Waals surface area contributed by atoms with Gasteiger partial charge in [-0.15, -0.1) is 11.3 Å². The van der Waals surface area contributed by atoms with E-state index in [0.29, 0.717) is 0 Å². The molecule has 3 nitrogen and oxygen atoms in total. The van der Waals surface area contributed by atoms with Crippen LogP contribution in [0.25, 0.3) is 146 Å². The second kappa shape index (κ2) is 14.4. The molecule has 0 N–H and O–H groups in total. The maximum absolute atomic E-state index is 5.59. The van der Waals surface area contributed by atoms with Gasteiger partial charge in [-0.2, -0.15) is 0 Å². The first-order valence-electron chi connectivity index (χ1n) is 23.2. The van der Waals surface area contributed by atoms with Crippen LogP contribution in [-0.2, 0) is 0 Å². The molecule has 4 aromatic heterocycles. The van der Waals surface area contributed by atoms with E-state index in [2.05, 4.69) is 217 Å². The van der Waals surface area contributed by atoms with Crippen molar-refractivity contribution in [2.75, 3.05) is 0 Å². The number of pyridine rings is 2. The van der Waals surface area contributed by atoms with Crippen molar-refractivity contribution in [2.45, 2.75) is 0 Å². The molecule has 0 unspecified atom stereocenters. The number of rotatable bonds is 4. The van der Waals surface area contributed by atoms with Gasteiger partial charge in [0.05, 0.1) is 26.9 Å². The third-order valence-electron chi connectivity index (χ3n) is 14.4. The molecule has 0 atom stereocenters. The van der Waals surface area contributed by atoms with Crippen LogP contribution in [0.3, 0.4) is 0 Å². The molecule has 15 rings (SSSR count). The van der Waals surface area contributed by atoms with E-state index >= 15 is 0 Å². The summed E-state index contributed by atoms with van der Waals surface area (Å²) in [5.74, 6) is 0. The Morgan fingerprint density at radius 2 is 0.897 bits per heavy atom. The molecule has 15 aromatic rings. The van der Waals surface area contributed by atoms with Crippen molar-refractivity contribution in [3.05, 3.63) is 225 Å². The Kier molecular flexibility index (Phi) is 7.94. The van der Waals surface area contributed by atoms with E-state index in [1.165, 1.54) is 107 Å². The summed E-state index contributed by atoms with van der Waals surface area (Å²) in [6.07, 6.45) is 1.88. The summed E-state index contributed by atoms with van der Waals surface area (Å²) in [6.45, 7) is 0. The van der Waals surface area contributed by atoms with E-state index in [-0.39, 0.29) is 0 Å². The van der Waals surface area contributed by atoms with Gasteiger partial charge in [-0.05, 0) is 112 Å². The first kappa shape index (κ1) is 37.5. The molecule has 4 heterocycles. The standard InChI is InChI=1S/C64H37N3S/c1-2-11-45-36-56-46(35-44(45)10-1)28-33-58-61(56)66-64-63-57(55-30-26-38-9-3-4-13-50(38)62(55)68-63)37-59(67(58)64)42-24-22-41(23-25-42)49-32-31-48(51-14-5-6-15-52(49)51)40-20-18-39(19-21-40)47-16-7-17-54-53(47)29-27-43-12-8-34-65-60(43)54/h1-37H. The summed E-state index contributed by atoms with van der Waals surface area (Å²) in [4.78, 5) is 10.3. The second-order valence-corrected chi connectivity index (χ2v) is 19.1. The fraction of sp³-hybridized carbons (Fsp3) is 0. The minimum Gasteiger partial charge on any atom is -0.291 e. The van der Waals surface area contributed by atoms with Crippen molar-refractivity contribution in [1.29, 1.82) is 0 Å². The molecule has 11 aromatic carbocycles. The predicted octanol–water partition coefficient (Wildman–Crippen LogP) is 17.8. The molecule has 0 fully saturated rings. The molecule has 0 radical (unpaired) electrons. The van der Waals surface area contributed by atoms with Crippen LogP contribution in [0.4, 0.5) is 0 Å². The van der Waals surface area contributed by atoms with Gasteiger partial charge in [-0.3, -0.25) is 9.38 Å². The SMILES string of the molecule is c1ccc2cc3c(ccc4c3nc3c5sc6c7ccccc7ccc6c5cc(-c5ccc(-c6ccc(-c7ccc(-c8cccc9c8ccc8cccnc89)cc7)c7ccccc67)cc5)n43)cc2c1.